The van der Waals surface area contributed by atoms with Gasteiger partial charge in [-0.2, -0.15) is 0 Å². The van der Waals surface area contributed by atoms with Crippen LogP contribution in [0.2, 0.25) is 0 Å². The molecule has 0 radical (unpaired) electrons. The Balaban J connectivity index is 1.98. The van der Waals surface area contributed by atoms with Crippen LogP contribution in [0, 0.1) is 11.8 Å². The van der Waals surface area contributed by atoms with Crippen LogP contribution in [-0.2, 0) is 0 Å². The molecule has 128 valence electrons. The lowest BCUT2D eigenvalue weighted by molar-refractivity contribution is 0.324. The van der Waals surface area contributed by atoms with Gasteiger partial charge in [0.2, 0.25) is 0 Å². The molecule has 0 aliphatic rings. The maximum absolute atomic E-state index is 12.3. The van der Waals surface area contributed by atoms with Gasteiger partial charge in [0.15, 0.2) is 0 Å². The highest BCUT2D eigenvalue weighted by molar-refractivity contribution is 6.04. The van der Waals surface area contributed by atoms with E-state index in [-0.39, 0.29) is 5.75 Å². The third kappa shape index (κ3) is 3.67. The number of hydrogen-bond donors (Lipinski definition) is 1. The van der Waals surface area contributed by atoms with E-state index < -0.39 is 5.63 Å². The Bertz CT molecular complexity index is 1020. The molecule has 1 heterocycles. The molecule has 0 aliphatic carbocycles. The zero-order valence-corrected chi connectivity index (χ0v) is 14.5. The molecule has 2 aromatic carbocycles. The second-order valence-corrected chi connectivity index (χ2v) is 6.00. The normalized spacial score (nSPS) is 11.0. The summed E-state index contributed by atoms with van der Waals surface area (Å²) in [6.07, 6.45) is 1.11. The lowest BCUT2D eigenvalue weighted by Gasteiger charge is -2.15. The summed E-state index contributed by atoms with van der Waals surface area (Å²) >= 11 is 0. The maximum Gasteiger partial charge on any atom is 0.344 e. The molecule has 0 aliphatic heterocycles. The minimum Gasteiger partial charge on any atom is -0.508 e. The van der Waals surface area contributed by atoms with Crippen LogP contribution in [0.3, 0.4) is 0 Å². The molecule has 4 nitrogen and oxygen atoms in total. The summed E-state index contributed by atoms with van der Waals surface area (Å²) in [6, 6.07) is 10.4. The summed E-state index contributed by atoms with van der Waals surface area (Å²) < 4.78 is 5.33. The molecule has 0 atom stereocenters. The topological polar surface area (TPSA) is 53.7 Å². The molecule has 4 heteroatoms. The fourth-order valence-corrected chi connectivity index (χ4v) is 2.92. The first kappa shape index (κ1) is 17.1. The molecule has 0 amide bonds. The first-order valence-corrected chi connectivity index (χ1v) is 8.53. The number of aromatic hydroxyl groups is 1. The zero-order chi connectivity index (χ0) is 17.8. The number of phenols is 1. The van der Waals surface area contributed by atoms with Crippen LogP contribution in [0.1, 0.15) is 25.8 Å². The Kier molecular flexibility index (Phi) is 5.06. The molecule has 0 bridgehead atoms. The number of fused-ring (bicyclic) bond motifs is 3. The Morgan fingerprint density at radius 3 is 2.64 bits per heavy atom. The quantitative estimate of drug-likeness (QED) is 0.448. The summed E-state index contributed by atoms with van der Waals surface area (Å²) in [5, 5.41) is 11.7. The Labute approximate surface area is 146 Å². The average molecular weight is 335 g/mol. The van der Waals surface area contributed by atoms with Crippen molar-refractivity contribution in [2.45, 2.75) is 20.3 Å². The van der Waals surface area contributed by atoms with Gasteiger partial charge in [0, 0.05) is 22.4 Å². The summed E-state index contributed by atoms with van der Waals surface area (Å²) in [6.45, 7) is 7.01. The van der Waals surface area contributed by atoms with E-state index in [4.69, 9.17) is 4.42 Å². The van der Waals surface area contributed by atoms with Gasteiger partial charge in [0.1, 0.15) is 11.3 Å². The average Bonchev–Trinajstić information content (AvgIpc) is 2.61. The van der Waals surface area contributed by atoms with E-state index in [0.717, 1.165) is 35.8 Å². The van der Waals surface area contributed by atoms with E-state index in [1.165, 1.54) is 6.07 Å². The molecule has 1 aromatic heterocycles. The molecule has 0 saturated heterocycles. The highest BCUT2D eigenvalue weighted by Crippen LogP contribution is 2.26. The minimum atomic E-state index is -0.419. The summed E-state index contributed by atoms with van der Waals surface area (Å²) in [5.74, 6) is 6.38. The van der Waals surface area contributed by atoms with Crippen molar-refractivity contribution in [1.82, 2.24) is 4.90 Å². The van der Waals surface area contributed by atoms with E-state index in [2.05, 4.69) is 30.6 Å². The second-order valence-electron chi connectivity index (χ2n) is 6.00. The number of hydrogen-bond acceptors (Lipinski definition) is 4. The monoisotopic (exact) mass is 335 g/mol. The van der Waals surface area contributed by atoms with E-state index in [1.807, 2.05) is 12.1 Å². The SMILES string of the molecule is CCCN(CC)CC#Cc1ccc2c(c1)c(=O)oc1cc(O)ccc12. The first-order chi connectivity index (χ1) is 12.1. The van der Waals surface area contributed by atoms with E-state index in [0.29, 0.717) is 17.5 Å². The Morgan fingerprint density at radius 1 is 1.08 bits per heavy atom. The number of rotatable bonds is 4. The fraction of sp³-hybridized carbons (Fsp3) is 0.286. The van der Waals surface area contributed by atoms with E-state index >= 15 is 0 Å². The molecular formula is C21H21NO3. The van der Waals surface area contributed by atoms with Gasteiger partial charge in [-0.1, -0.05) is 31.8 Å². The summed E-state index contributed by atoms with van der Waals surface area (Å²) in [7, 11) is 0. The Hall–Kier alpha value is -2.77. The summed E-state index contributed by atoms with van der Waals surface area (Å²) in [4.78, 5) is 14.5. The molecule has 0 saturated carbocycles. The number of nitrogens with zero attached hydrogens (tertiary/aromatic N) is 1. The lowest BCUT2D eigenvalue weighted by atomic mass is 10.0. The third-order valence-electron chi connectivity index (χ3n) is 4.22. The van der Waals surface area contributed by atoms with Crippen molar-refractivity contribution in [1.29, 1.82) is 0 Å². The molecule has 3 aromatic rings. The highest BCUT2D eigenvalue weighted by Gasteiger charge is 2.08. The largest absolute Gasteiger partial charge is 0.508 e. The van der Waals surface area contributed by atoms with Gasteiger partial charge in [-0.05, 0) is 43.8 Å². The van der Waals surface area contributed by atoms with Crippen LogP contribution in [-0.4, -0.2) is 29.6 Å². The molecular weight excluding hydrogens is 314 g/mol. The van der Waals surface area contributed by atoms with Crippen molar-refractivity contribution < 1.29 is 9.52 Å². The van der Waals surface area contributed by atoms with Crippen LogP contribution < -0.4 is 5.63 Å². The fourth-order valence-electron chi connectivity index (χ4n) is 2.92. The Morgan fingerprint density at radius 2 is 1.88 bits per heavy atom. The predicted molar refractivity (Wildman–Crippen MR) is 101 cm³/mol. The van der Waals surface area contributed by atoms with Crippen LogP contribution in [0.25, 0.3) is 21.7 Å². The molecule has 1 N–H and O–H groups in total. The molecule has 0 unspecified atom stereocenters. The second kappa shape index (κ2) is 7.42. The van der Waals surface area contributed by atoms with Crippen molar-refractivity contribution in [3.63, 3.8) is 0 Å². The smallest absolute Gasteiger partial charge is 0.344 e. The molecule has 0 fully saturated rings. The third-order valence-corrected chi connectivity index (χ3v) is 4.22. The van der Waals surface area contributed by atoms with Gasteiger partial charge < -0.3 is 9.52 Å². The molecule has 3 rings (SSSR count). The lowest BCUT2D eigenvalue weighted by Crippen LogP contribution is -2.24. The number of benzene rings is 2. The van der Waals surface area contributed by atoms with E-state index in [1.54, 1.807) is 18.2 Å². The van der Waals surface area contributed by atoms with Crippen LogP contribution in [0.15, 0.2) is 45.6 Å². The number of phenolic OH excluding ortho intramolecular Hbond substituents is 1. The van der Waals surface area contributed by atoms with Gasteiger partial charge in [-0.3, -0.25) is 4.90 Å². The van der Waals surface area contributed by atoms with Gasteiger partial charge in [0.25, 0.3) is 0 Å². The first-order valence-electron chi connectivity index (χ1n) is 8.53. The molecule has 0 spiro atoms. The van der Waals surface area contributed by atoms with Crippen molar-refractivity contribution in [3.8, 4) is 17.6 Å². The predicted octanol–water partition coefficient (Wildman–Crippen LogP) is 3.74. The maximum atomic E-state index is 12.3. The van der Waals surface area contributed by atoms with Gasteiger partial charge in [0.05, 0.1) is 11.9 Å². The van der Waals surface area contributed by atoms with Gasteiger partial charge in [-0.15, -0.1) is 0 Å². The van der Waals surface area contributed by atoms with Crippen molar-refractivity contribution in [2.24, 2.45) is 0 Å². The van der Waals surface area contributed by atoms with Gasteiger partial charge >= 0.3 is 5.63 Å². The van der Waals surface area contributed by atoms with Crippen molar-refractivity contribution in [3.05, 3.63) is 52.4 Å². The van der Waals surface area contributed by atoms with E-state index in [9.17, 15) is 9.90 Å². The van der Waals surface area contributed by atoms with Crippen molar-refractivity contribution in [2.75, 3.05) is 19.6 Å². The molecule has 25 heavy (non-hydrogen) atoms. The van der Waals surface area contributed by atoms with Crippen LogP contribution in [0.5, 0.6) is 5.75 Å². The minimum absolute atomic E-state index is 0.0741. The highest BCUT2D eigenvalue weighted by atomic mass is 16.4. The summed E-state index contributed by atoms with van der Waals surface area (Å²) in [5.41, 5.74) is 0.762. The standard InChI is InChI=1S/C21H21NO3/c1-3-11-22(4-2)12-5-6-15-7-9-17-18-10-8-16(23)14-20(18)25-21(24)19(17)13-15/h7-10,13-14,23H,3-4,11-12H2,1-2H3. The zero-order valence-electron chi connectivity index (χ0n) is 14.5. The van der Waals surface area contributed by atoms with Gasteiger partial charge in [-0.25, -0.2) is 4.79 Å². The van der Waals surface area contributed by atoms with Crippen LogP contribution in [0.4, 0.5) is 0 Å². The van der Waals surface area contributed by atoms with Crippen LogP contribution >= 0.6 is 0 Å². The van der Waals surface area contributed by atoms with Crippen molar-refractivity contribution >= 4 is 21.7 Å².